The smallest absolute Gasteiger partial charge is 0.0704 e. The molecule has 2 bridgehead atoms. The maximum Gasteiger partial charge on any atom is 0.0704 e. The lowest BCUT2D eigenvalue weighted by molar-refractivity contribution is -0.0540. The van der Waals surface area contributed by atoms with E-state index in [1.165, 1.54) is 6.42 Å². The van der Waals surface area contributed by atoms with Crippen molar-refractivity contribution >= 4 is 47.8 Å². The highest BCUT2D eigenvalue weighted by atomic mass is 79.9. The minimum absolute atomic E-state index is 0.317. The van der Waals surface area contributed by atoms with Gasteiger partial charge in [-0.1, -0.05) is 47.8 Å². The van der Waals surface area contributed by atoms with Crippen molar-refractivity contribution in [3.8, 4) is 0 Å². The number of ether oxygens (including phenoxy) is 2. The van der Waals surface area contributed by atoms with Crippen LogP contribution < -0.4 is 0 Å². The van der Waals surface area contributed by atoms with Crippen molar-refractivity contribution in [2.75, 3.05) is 7.11 Å². The van der Waals surface area contributed by atoms with E-state index in [0.29, 0.717) is 32.8 Å². The summed E-state index contributed by atoms with van der Waals surface area (Å²) < 4.78 is 11.9. The molecule has 5 heteroatoms. The number of fused-ring (bicyclic) bond motifs is 2. The summed E-state index contributed by atoms with van der Waals surface area (Å²) in [5.41, 5.74) is 0. The summed E-state index contributed by atoms with van der Waals surface area (Å²) in [7, 11) is 1.82. The second kappa shape index (κ2) is 7.39. The predicted octanol–water partition coefficient (Wildman–Crippen LogP) is 4.41. The van der Waals surface area contributed by atoms with Gasteiger partial charge >= 0.3 is 0 Å². The van der Waals surface area contributed by atoms with Crippen LogP contribution in [0, 0.1) is 0 Å². The van der Waals surface area contributed by atoms with Crippen molar-refractivity contribution in [2.45, 2.75) is 71.3 Å². The monoisotopic (exact) mass is 446 g/mol. The Labute approximate surface area is 135 Å². The van der Waals surface area contributed by atoms with E-state index in [2.05, 4.69) is 47.8 Å². The molecule has 0 radical (unpaired) electrons. The summed E-state index contributed by atoms with van der Waals surface area (Å²) >= 11 is 11.4. The zero-order chi connectivity index (χ0) is 13.1. The summed E-state index contributed by atoms with van der Waals surface area (Å²) in [5.74, 6) is 0. The van der Waals surface area contributed by atoms with Crippen molar-refractivity contribution in [1.82, 2.24) is 0 Å². The number of hydrogen-bond donors (Lipinski definition) is 0. The van der Waals surface area contributed by atoms with Gasteiger partial charge in [0.15, 0.2) is 0 Å². The molecule has 0 spiro atoms. The van der Waals surface area contributed by atoms with Gasteiger partial charge in [0.2, 0.25) is 0 Å². The Morgan fingerprint density at radius 2 is 1.28 bits per heavy atom. The molecule has 2 nitrogen and oxygen atoms in total. The van der Waals surface area contributed by atoms with Crippen LogP contribution in [-0.4, -0.2) is 39.9 Å². The normalized spacial score (nSPS) is 46.7. The number of methoxy groups -OCH3 is 1. The second-order valence-electron chi connectivity index (χ2n) is 5.27. The highest BCUT2D eigenvalue weighted by molar-refractivity contribution is 9.10. The lowest BCUT2D eigenvalue weighted by Gasteiger charge is -2.38. The Morgan fingerprint density at radius 1 is 0.778 bits per heavy atom. The predicted molar refractivity (Wildman–Crippen MR) is 85.3 cm³/mol. The van der Waals surface area contributed by atoms with E-state index in [4.69, 9.17) is 9.47 Å². The molecule has 6 unspecified atom stereocenters. The Balaban J connectivity index is 2.04. The summed E-state index contributed by atoms with van der Waals surface area (Å²) in [6.07, 6.45) is 7.82. The SMILES string of the molecule is COC1CCC(Br)C2CCC(Br)C(CCC1Br)O2. The van der Waals surface area contributed by atoms with Gasteiger partial charge in [-0.15, -0.1) is 0 Å². The van der Waals surface area contributed by atoms with Crippen LogP contribution in [0.2, 0.25) is 0 Å². The van der Waals surface area contributed by atoms with E-state index in [1.807, 2.05) is 7.11 Å². The quantitative estimate of drug-likeness (QED) is 0.553. The molecule has 0 amide bonds. The van der Waals surface area contributed by atoms with Crippen LogP contribution in [0.4, 0.5) is 0 Å². The maximum absolute atomic E-state index is 6.25. The van der Waals surface area contributed by atoms with Crippen molar-refractivity contribution in [3.05, 3.63) is 0 Å². The van der Waals surface area contributed by atoms with Crippen LogP contribution in [0.15, 0.2) is 0 Å². The molecule has 2 fully saturated rings. The van der Waals surface area contributed by atoms with Crippen LogP contribution in [0.25, 0.3) is 0 Å². The van der Waals surface area contributed by atoms with Crippen molar-refractivity contribution in [2.24, 2.45) is 0 Å². The van der Waals surface area contributed by atoms with Crippen molar-refractivity contribution in [1.29, 1.82) is 0 Å². The molecule has 0 aliphatic carbocycles. The largest absolute Gasteiger partial charge is 0.380 e. The molecule has 0 aromatic rings. The van der Waals surface area contributed by atoms with E-state index in [0.717, 1.165) is 32.1 Å². The average Bonchev–Trinajstić information content (AvgIpc) is 2.37. The molecule has 0 saturated carbocycles. The molecule has 2 aliphatic heterocycles. The Hall–Kier alpha value is 1.36. The average molecular weight is 449 g/mol. The lowest BCUT2D eigenvalue weighted by atomic mass is 9.93. The molecule has 2 saturated heterocycles. The summed E-state index contributed by atoms with van der Waals surface area (Å²) in [5, 5.41) is 0. The molecule has 106 valence electrons. The van der Waals surface area contributed by atoms with Gasteiger partial charge in [-0.25, -0.2) is 0 Å². The topological polar surface area (TPSA) is 18.5 Å². The number of halogens is 3. The maximum atomic E-state index is 6.25. The number of rotatable bonds is 1. The Kier molecular flexibility index (Phi) is 6.46. The number of alkyl halides is 3. The number of hydrogen-bond acceptors (Lipinski definition) is 2. The molecule has 0 aromatic heterocycles. The van der Waals surface area contributed by atoms with Gasteiger partial charge in [-0.3, -0.25) is 0 Å². The molecule has 2 heterocycles. The second-order valence-corrected chi connectivity index (χ2v) is 8.80. The molecule has 2 aliphatic rings. The first-order valence-corrected chi connectivity index (χ1v) is 9.47. The summed E-state index contributed by atoms with van der Waals surface area (Å²) in [6.45, 7) is 0. The molecular weight excluding hydrogens is 428 g/mol. The fraction of sp³-hybridized carbons (Fsp3) is 1.00. The van der Waals surface area contributed by atoms with Crippen LogP contribution in [-0.2, 0) is 9.47 Å². The first kappa shape index (κ1) is 15.7. The van der Waals surface area contributed by atoms with Gasteiger partial charge < -0.3 is 9.47 Å². The molecule has 0 aromatic carbocycles. The molecule has 0 N–H and O–H groups in total. The molecule has 18 heavy (non-hydrogen) atoms. The van der Waals surface area contributed by atoms with Gasteiger partial charge in [0.25, 0.3) is 0 Å². The lowest BCUT2D eigenvalue weighted by Crippen LogP contribution is -2.42. The Bertz CT molecular complexity index is 265. The minimum Gasteiger partial charge on any atom is -0.380 e. The first-order chi connectivity index (χ1) is 8.61. The molecule has 2 rings (SSSR count). The van der Waals surface area contributed by atoms with Crippen molar-refractivity contribution in [3.63, 3.8) is 0 Å². The van der Waals surface area contributed by atoms with Crippen LogP contribution >= 0.6 is 47.8 Å². The van der Waals surface area contributed by atoms with Gasteiger partial charge in [-0.05, 0) is 38.5 Å². The van der Waals surface area contributed by atoms with Crippen LogP contribution in [0.5, 0.6) is 0 Å². The van der Waals surface area contributed by atoms with E-state index in [1.54, 1.807) is 0 Å². The summed E-state index contributed by atoms with van der Waals surface area (Å²) in [6, 6.07) is 0. The third kappa shape index (κ3) is 3.94. The van der Waals surface area contributed by atoms with Gasteiger partial charge in [-0.2, -0.15) is 0 Å². The highest BCUT2D eigenvalue weighted by Crippen LogP contribution is 2.35. The van der Waals surface area contributed by atoms with Crippen molar-refractivity contribution < 1.29 is 9.47 Å². The molecular formula is C13H21Br3O2. The van der Waals surface area contributed by atoms with E-state index in [-0.39, 0.29) is 0 Å². The van der Waals surface area contributed by atoms with Gasteiger partial charge in [0, 0.05) is 21.6 Å². The van der Waals surface area contributed by atoms with E-state index < -0.39 is 0 Å². The first-order valence-electron chi connectivity index (χ1n) is 6.72. The van der Waals surface area contributed by atoms with Gasteiger partial charge in [0.1, 0.15) is 0 Å². The standard InChI is InChI=1S/C13H21Br3O2/c1-17-11-5-2-9(15)13-7-4-10(16)12(18-13)6-3-8(11)14/h8-13H,2-7H2,1H3. The van der Waals surface area contributed by atoms with E-state index in [9.17, 15) is 0 Å². The fourth-order valence-electron chi connectivity index (χ4n) is 2.87. The molecule has 6 atom stereocenters. The zero-order valence-corrected chi connectivity index (χ0v) is 15.4. The Morgan fingerprint density at radius 3 is 1.83 bits per heavy atom. The minimum atomic E-state index is 0.317. The van der Waals surface area contributed by atoms with Crippen LogP contribution in [0.3, 0.4) is 0 Å². The van der Waals surface area contributed by atoms with E-state index >= 15 is 0 Å². The van der Waals surface area contributed by atoms with Crippen LogP contribution in [0.1, 0.15) is 38.5 Å². The van der Waals surface area contributed by atoms with Gasteiger partial charge in [0.05, 0.1) is 18.3 Å². The highest BCUT2D eigenvalue weighted by Gasteiger charge is 2.35. The third-order valence-electron chi connectivity index (χ3n) is 4.04. The zero-order valence-electron chi connectivity index (χ0n) is 10.7. The third-order valence-corrected chi connectivity index (χ3v) is 7.19. The summed E-state index contributed by atoms with van der Waals surface area (Å²) in [4.78, 5) is 1.40. The fourth-order valence-corrected chi connectivity index (χ4v) is 4.92.